The number of thioether (sulfide) groups is 1. The average molecular weight is 430 g/mol. The highest BCUT2D eigenvalue weighted by Gasteiger charge is 2.24. The van der Waals surface area contributed by atoms with Crippen molar-refractivity contribution in [2.45, 2.75) is 23.9 Å². The molecule has 8 heteroatoms. The third kappa shape index (κ3) is 5.19. The number of halogens is 1. The van der Waals surface area contributed by atoms with Crippen molar-refractivity contribution in [3.63, 3.8) is 0 Å². The molecule has 1 unspecified atom stereocenters. The molecular weight excluding hydrogens is 410 g/mol. The van der Waals surface area contributed by atoms with Gasteiger partial charge in [-0.1, -0.05) is 53.7 Å². The summed E-state index contributed by atoms with van der Waals surface area (Å²) in [5, 5.41) is 3.17. The van der Waals surface area contributed by atoms with E-state index >= 15 is 0 Å². The number of hydrogen-bond donors (Lipinski definition) is 1. The van der Waals surface area contributed by atoms with Gasteiger partial charge in [-0.15, -0.1) is 0 Å². The summed E-state index contributed by atoms with van der Waals surface area (Å²) in [6.45, 7) is 2.58. The number of methoxy groups -OCH3 is 1. The molecule has 29 heavy (non-hydrogen) atoms. The van der Waals surface area contributed by atoms with Crippen molar-refractivity contribution in [2.75, 3.05) is 12.4 Å². The zero-order chi connectivity index (χ0) is 20.8. The van der Waals surface area contributed by atoms with Crippen LogP contribution in [0.2, 0.25) is 5.02 Å². The largest absolute Gasteiger partial charge is 0.495 e. The van der Waals surface area contributed by atoms with E-state index in [1.54, 1.807) is 24.4 Å². The fourth-order valence-corrected chi connectivity index (χ4v) is 4.10. The molecule has 2 aromatic carbocycles. The van der Waals surface area contributed by atoms with Crippen molar-refractivity contribution in [2.24, 2.45) is 0 Å². The molecule has 0 aliphatic rings. The summed E-state index contributed by atoms with van der Waals surface area (Å²) in [6, 6.07) is 15.8. The summed E-state index contributed by atoms with van der Waals surface area (Å²) in [6.07, 6.45) is 1.68. The van der Waals surface area contributed by atoms with Crippen LogP contribution >= 0.6 is 23.4 Å². The van der Waals surface area contributed by atoms with Gasteiger partial charge in [0.15, 0.2) is 5.16 Å². The number of rotatable bonds is 7. The van der Waals surface area contributed by atoms with E-state index in [0.29, 0.717) is 28.2 Å². The lowest BCUT2D eigenvalue weighted by molar-refractivity contribution is -0.115. The number of aryl methyl sites for hydroxylation is 1. The first-order chi connectivity index (χ1) is 14.0. The summed E-state index contributed by atoms with van der Waals surface area (Å²) in [7, 11) is 1.53. The number of benzene rings is 2. The van der Waals surface area contributed by atoms with Crippen molar-refractivity contribution in [1.82, 2.24) is 9.55 Å². The van der Waals surface area contributed by atoms with Crippen LogP contribution in [0.5, 0.6) is 5.75 Å². The third-order valence-corrected chi connectivity index (χ3v) is 5.73. The first-order valence-electron chi connectivity index (χ1n) is 8.95. The average Bonchev–Trinajstić information content (AvgIpc) is 2.73. The Balaban J connectivity index is 1.92. The molecule has 0 saturated carbocycles. The van der Waals surface area contributed by atoms with Gasteiger partial charge in [-0.3, -0.25) is 9.59 Å². The maximum Gasteiger partial charge on any atom is 0.273 e. The Morgan fingerprint density at radius 1 is 1.24 bits per heavy atom. The monoisotopic (exact) mass is 429 g/mol. The summed E-state index contributed by atoms with van der Waals surface area (Å²) < 4.78 is 6.98. The molecule has 0 radical (unpaired) electrons. The second-order valence-electron chi connectivity index (χ2n) is 6.08. The quantitative estimate of drug-likeness (QED) is 0.445. The molecule has 3 rings (SSSR count). The van der Waals surface area contributed by atoms with Crippen molar-refractivity contribution in [1.29, 1.82) is 0 Å². The maximum atomic E-state index is 13.1. The summed E-state index contributed by atoms with van der Waals surface area (Å²) in [5.74, 6) is 0.280. The number of ether oxygens (including phenoxy) is 1. The molecule has 0 saturated heterocycles. The van der Waals surface area contributed by atoms with Gasteiger partial charge in [-0.05, 0) is 30.7 Å². The lowest BCUT2D eigenvalue weighted by Gasteiger charge is -2.18. The molecule has 1 atom stereocenters. The zero-order valence-corrected chi connectivity index (χ0v) is 17.5. The molecule has 1 heterocycles. The Labute approximate surface area is 177 Å². The first-order valence-corrected chi connectivity index (χ1v) is 10.2. The van der Waals surface area contributed by atoms with E-state index in [1.165, 1.54) is 24.9 Å². The van der Waals surface area contributed by atoms with Gasteiger partial charge in [0.25, 0.3) is 5.56 Å². The highest BCUT2D eigenvalue weighted by molar-refractivity contribution is 8.00. The number of anilines is 1. The first kappa shape index (κ1) is 21.0. The second kappa shape index (κ2) is 9.62. The molecule has 1 amide bonds. The van der Waals surface area contributed by atoms with Crippen molar-refractivity contribution in [3.05, 3.63) is 81.7 Å². The highest BCUT2D eigenvalue weighted by atomic mass is 35.5. The number of amides is 1. The molecule has 1 aromatic heterocycles. The Bertz CT molecular complexity index is 1060. The van der Waals surface area contributed by atoms with Gasteiger partial charge in [0, 0.05) is 24.5 Å². The minimum Gasteiger partial charge on any atom is -0.495 e. The number of aromatic nitrogens is 2. The van der Waals surface area contributed by atoms with E-state index in [-0.39, 0.29) is 11.5 Å². The van der Waals surface area contributed by atoms with Crippen molar-refractivity contribution in [3.8, 4) is 5.75 Å². The van der Waals surface area contributed by atoms with Gasteiger partial charge in [0.2, 0.25) is 5.91 Å². The van der Waals surface area contributed by atoms with Crippen LogP contribution in [0.4, 0.5) is 5.69 Å². The maximum absolute atomic E-state index is 13.1. The van der Waals surface area contributed by atoms with Gasteiger partial charge in [-0.2, -0.15) is 4.98 Å². The Morgan fingerprint density at radius 2 is 2.00 bits per heavy atom. The zero-order valence-electron chi connectivity index (χ0n) is 16.0. The molecule has 0 fully saturated rings. The fourth-order valence-electron chi connectivity index (χ4n) is 2.71. The smallest absolute Gasteiger partial charge is 0.273 e. The predicted octanol–water partition coefficient (Wildman–Crippen LogP) is 4.40. The molecule has 1 N–H and O–H groups in total. The van der Waals surface area contributed by atoms with Gasteiger partial charge in [0.05, 0.1) is 12.1 Å². The molecular formula is C21H20ClN3O3S. The topological polar surface area (TPSA) is 73.2 Å². The van der Waals surface area contributed by atoms with E-state index in [4.69, 9.17) is 16.3 Å². The Kier molecular flexibility index (Phi) is 6.95. The van der Waals surface area contributed by atoms with Crippen molar-refractivity contribution >= 4 is 35.0 Å². The molecule has 0 spiro atoms. The molecule has 3 aromatic rings. The summed E-state index contributed by atoms with van der Waals surface area (Å²) in [5.41, 5.74) is 1.01. The van der Waals surface area contributed by atoms with Crippen LogP contribution in [0, 0.1) is 0 Å². The number of carbonyl (C=O) groups is 1. The van der Waals surface area contributed by atoms with Gasteiger partial charge < -0.3 is 14.6 Å². The predicted molar refractivity (Wildman–Crippen MR) is 116 cm³/mol. The van der Waals surface area contributed by atoms with Crippen LogP contribution < -0.4 is 15.6 Å². The number of nitrogens with one attached hydrogen (secondary N) is 1. The highest BCUT2D eigenvalue weighted by Crippen LogP contribution is 2.35. The Hall–Kier alpha value is -2.77. The van der Waals surface area contributed by atoms with Crippen LogP contribution in [0.25, 0.3) is 0 Å². The number of nitrogens with zero attached hydrogens (tertiary/aromatic N) is 2. The third-order valence-electron chi connectivity index (χ3n) is 4.17. The van der Waals surface area contributed by atoms with E-state index in [0.717, 1.165) is 5.56 Å². The molecule has 0 bridgehead atoms. The van der Waals surface area contributed by atoms with Crippen molar-refractivity contribution < 1.29 is 9.53 Å². The molecule has 150 valence electrons. The van der Waals surface area contributed by atoms with Gasteiger partial charge in [0.1, 0.15) is 11.0 Å². The van der Waals surface area contributed by atoms with E-state index in [2.05, 4.69) is 10.3 Å². The van der Waals surface area contributed by atoms with Crippen LogP contribution in [0.3, 0.4) is 0 Å². The fraction of sp³-hybridized carbons (Fsp3) is 0.190. The number of carbonyl (C=O) groups excluding carboxylic acids is 1. The molecule has 6 nitrogen and oxygen atoms in total. The minimum absolute atomic E-state index is 0.247. The molecule has 0 aliphatic carbocycles. The normalized spacial score (nSPS) is 11.7. The summed E-state index contributed by atoms with van der Waals surface area (Å²) in [4.78, 5) is 29.0. The SMILES string of the molecule is CCn1ccc(=O)nc1SC(C(=O)Nc1ccc(OC)c(Cl)c1)c1ccccc1. The van der Waals surface area contributed by atoms with Crippen LogP contribution in [-0.4, -0.2) is 22.6 Å². The number of hydrogen-bond acceptors (Lipinski definition) is 5. The van der Waals surface area contributed by atoms with E-state index in [9.17, 15) is 9.59 Å². The standard InChI is InChI=1S/C21H20ClN3O3S/c1-3-25-12-11-18(26)24-21(25)29-19(14-7-5-4-6-8-14)20(27)23-15-9-10-17(28-2)16(22)13-15/h4-13,19H,3H2,1-2H3,(H,23,27). The van der Waals surface area contributed by atoms with Crippen LogP contribution in [0.1, 0.15) is 17.7 Å². The van der Waals surface area contributed by atoms with E-state index in [1.807, 2.05) is 41.8 Å². The molecule has 0 aliphatic heterocycles. The second-order valence-corrected chi connectivity index (χ2v) is 7.56. The lowest BCUT2D eigenvalue weighted by atomic mass is 10.1. The van der Waals surface area contributed by atoms with Gasteiger partial charge >= 0.3 is 0 Å². The summed E-state index contributed by atoms with van der Waals surface area (Å²) >= 11 is 7.40. The van der Waals surface area contributed by atoms with Gasteiger partial charge in [-0.25, -0.2) is 0 Å². The van der Waals surface area contributed by atoms with Crippen LogP contribution in [-0.2, 0) is 11.3 Å². The Morgan fingerprint density at radius 3 is 2.66 bits per heavy atom. The van der Waals surface area contributed by atoms with Crippen LogP contribution in [0.15, 0.2) is 70.7 Å². The lowest BCUT2D eigenvalue weighted by Crippen LogP contribution is -2.21. The van der Waals surface area contributed by atoms with E-state index < -0.39 is 5.25 Å². The minimum atomic E-state index is -0.607.